The molecule has 22 heavy (non-hydrogen) atoms. The zero-order valence-electron chi connectivity index (χ0n) is 14.0. The molecule has 0 N–H and O–H groups in total. The second kappa shape index (κ2) is 9.72. The summed E-state index contributed by atoms with van der Waals surface area (Å²) < 4.78 is 0. The first-order chi connectivity index (χ1) is 10.1. The fraction of sp³-hybridized carbons (Fsp3) is 0.294. The first-order valence-electron chi connectivity index (χ1n) is 7.11. The average molecular weight is 277 g/mol. The van der Waals surface area contributed by atoms with Crippen LogP contribution in [0.1, 0.15) is 34.1 Å². The lowest BCUT2D eigenvalue weighted by atomic mass is 9.70. The van der Waals surface area contributed by atoms with E-state index in [1.54, 1.807) is 19.1 Å². The Labute approximate surface area is 142 Å². The first kappa shape index (κ1) is 20.8. The lowest BCUT2D eigenvalue weighted by Crippen LogP contribution is -2.00. The highest BCUT2D eigenvalue weighted by atomic mass is 14.1. The molecule has 0 atom stereocenters. The van der Waals surface area contributed by atoms with Gasteiger partial charge in [0.25, 0.3) is 0 Å². The van der Waals surface area contributed by atoms with Crippen molar-refractivity contribution in [2.24, 2.45) is 0 Å². The molecule has 0 aliphatic rings. The monoisotopic (exact) mass is 278 g/mol. The van der Waals surface area contributed by atoms with Crippen molar-refractivity contribution in [2.75, 3.05) is 0 Å². The minimum Gasteiger partial charge on any atom is -0.128 e. The van der Waals surface area contributed by atoms with Gasteiger partial charge < -0.3 is 0 Å². The van der Waals surface area contributed by atoms with Gasteiger partial charge in [0, 0.05) is 0 Å². The number of rotatable bonds is 6. The molecule has 0 aromatic heterocycles. The number of hydrogen-bond donors (Lipinski definition) is 0. The van der Waals surface area contributed by atoms with E-state index in [1.807, 2.05) is 26.8 Å². The van der Waals surface area contributed by atoms with E-state index in [0.29, 0.717) is 27.4 Å². The Morgan fingerprint density at radius 1 is 0.864 bits per heavy atom. The average Bonchev–Trinajstić information content (AvgIpc) is 2.43. The third-order valence-electron chi connectivity index (χ3n) is 3.19. The van der Waals surface area contributed by atoms with Crippen LogP contribution in [-0.2, 0) is 0 Å². The Balaban J connectivity index is 5.92. The Morgan fingerprint density at radius 2 is 1.36 bits per heavy atom. The van der Waals surface area contributed by atoms with Crippen LogP contribution >= 0.6 is 0 Å². The van der Waals surface area contributed by atoms with Gasteiger partial charge in [-0.3, -0.25) is 0 Å². The quantitative estimate of drug-likeness (QED) is 0.517. The van der Waals surface area contributed by atoms with Crippen molar-refractivity contribution in [3.05, 3.63) is 68.9 Å². The molecule has 102 valence electrons. The molecule has 0 bridgehead atoms. The molecule has 0 aromatic carbocycles. The van der Waals surface area contributed by atoms with E-state index in [1.165, 1.54) is 0 Å². The van der Waals surface area contributed by atoms with Gasteiger partial charge in [0.15, 0.2) is 0 Å². The molecular formula is C17H19B5. The molecule has 0 aromatic rings. The van der Waals surface area contributed by atoms with Crippen LogP contribution in [0, 0.1) is 0 Å². The third kappa shape index (κ3) is 6.26. The van der Waals surface area contributed by atoms with E-state index in [-0.39, 0.29) is 0 Å². The molecule has 0 saturated heterocycles. The summed E-state index contributed by atoms with van der Waals surface area (Å²) in [5.41, 5.74) is 4.84. The maximum Gasteiger partial charge on any atom is 0.114 e. The second-order valence-electron chi connectivity index (χ2n) is 5.19. The Bertz CT molecular complexity index is 582. The lowest BCUT2D eigenvalue weighted by molar-refractivity contribution is 1.20. The van der Waals surface area contributed by atoms with Crippen molar-refractivity contribution in [3.8, 4) is 0 Å². The number of hydrogen-bond acceptors (Lipinski definition) is 0. The van der Waals surface area contributed by atoms with E-state index in [2.05, 4.69) is 6.58 Å². The van der Waals surface area contributed by atoms with Gasteiger partial charge in [-0.05, 0) is 31.4 Å². The van der Waals surface area contributed by atoms with E-state index in [0.717, 1.165) is 23.1 Å². The van der Waals surface area contributed by atoms with Gasteiger partial charge in [-0.15, -0.1) is 16.4 Å². The fourth-order valence-electron chi connectivity index (χ4n) is 1.72. The maximum absolute atomic E-state index is 6.17. The van der Waals surface area contributed by atoms with Crippen LogP contribution in [0.5, 0.6) is 0 Å². The van der Waals surface area contributed by atoms with Crippen molar-refractivity contribution < 1.29 is 0 Å². The van der Waals surface area contributed by atoms with Crippen LogP contribution in [0.2, 0.25) is 0 Å². The van der Waals surface area contributed by atoms with Crippen LogP contribution in [-0.4, -0.2) is 39.2 Å². The molecule has 0 aliphatic heterocycles. The zero-order valence-corrected chi connectivity index (χ0v) is 14.0. The van der Waals surface area contributed by atoms with Crippen LogP contribution in [0.3, 0.4) is 0 Å². The molecule has 0 spiro atoms. The molecule has 0 unspecified atom stereocenters. The highest BCUT2D eigenvalue weighted by Gasteiger charge is 2.07. The Hall–Kier alpha value is -1.24. The minimum atomic E-state index is 0.336. The molecule has 0 heterocycles. The highest BCUT2D eigenvalue weighted by molar-refractivity contribution is 6.41. The van der Waals surface area contributed by atoms with E-state index in [4.69, 9.17) is 39.2 Å². The van der Waals surface area contributed by atoms with Gasteiger partial charge in [-0.1, -0.05) is 55.2 Å². The van der Waals surface area contributed by atoms with Gasteiger partial charge in [0.05, 0.1) is 0 Å². The Kier molecular flexibility index (Phi) is 9.17. The standard InChI is InChI=1S/C17H19B5/c1-6-7-13(19)16(11(4)10(2)3)14(20)8-9-15(21)17(22)12(5)18/h7-9H,2,6H2,1,3-5H3/b13-7+,14-8+,15-9-,16-11-,17-12-. The summed E-state index contributed by atoms with van der Waals surface area (Å²) in [5.74, 6) is 0. The smallest absolute Gasteiger partial charge is 0.114 e. The summed E-state index contributed by atoms with van der Waals surface area (Å²) in [6.45, 7) is 11.5. The van der Waals surface area contributed by atoms with Gasteiger partial charge >= 0.3 is 0 Å². The molecule has 0 aliphatic carbocycles. The molecule has 10 radical (unpaired) electrons. The van der Waals surface area contributed by atoms with Gasteiger partial charge in [-0.25, -0.2) is 0 Å². The topological polar surface area (TPSA) is 0 Å². The molecule has 0 fully saturated rings. The summed E-state index contributed by atoms with van der Waals surface area (Å²) in [5, 5.41) is 0. The predicted molar refractivity (Wildman–Crippen MR) is 104 cm³/mol. The van der Waals surface area contributed by atoms with Crippen LogP contribution in [0.4, 0.5) is 0 Å². The normalized spacial score (nSPS) is 16.1. The van der Waals surface area contributed by atoms with E-state index < -0.39 is 0 Å². The third-order valence-corrected chi connectivity index (χ3v) is 3.19. The van der Waals surface area contributed by atoms with Crippen molar-refractivity contribution in [2.45, 2.75) is 34.1 Å². The molecular weight excluding hydrogens is 258 g/mol. The summed E-state index contributed by atoms with van der Waals surface area (Å²) in [6.07, 6.45) is 6.01. The Morgan fingerprint density at radius 3 is 1.77 bits per heavy atom. The van der Waals surface area contributed by atoms with Crippen molar-refractivity contribution in [3.63, 3.8) is 0 Å². The minimum absolute atomic E-state index is 0.336. The molecule has 0 rings (SSSR count). The summed E-state index contributed by atoms with van der Waals surface area (Å²) in [7, 11) is 29.5. The summed E-state index contributed by atoms with van der Waals surface area (Å²) in [4.78, 5) is 0. The molecule has 0 amide bonds. The second-order valence-corrected chi connectivity index (χ2v) is 5.19. The van der Waals surface area contributed by atoms with E-state index >= 15 is 0 Å². The van der Waals surface area contributed by atoms with Crippen molar-refractivity contribution in [1.29, 1.82) is 0 Å². The highest BCUT2D eigenvalue weighted by Crippen LogP contribution is 2.24. The summed E-state index contributed by atoms with van der Waals surface area (Å²) in [6, 6.07) is 0. The molecule has 0 nitrogen and oxygen atoms in total. The van der Waals surface area contributed by atoms with Crippen LogP contribution < -0.4 is 0 Å². The molecule has 5 heteroatoms. The largest absolute Gasteiger partial charge is 0.128 e. The van der Waals surface area contributed by atoms with Gasteiger partial charge in [-0.2, -0.15) is 0 Å². The van der Waals surface area contributed by atoms with Crippen molar-refractivity contribution >= 4 is 39.2 Å². The van der Waals surface area contributed by atoms with Crippen LogP contribution in [0.15, 0.2) is 68.9 Å². The fourth-order valence-corrected chi connectivity index (χ4v) is 1.72. The van der Waals surface area contributed by atoms with Crippen molar-refractivity contribution in [1.82, 2.24) is 0 Å². The first-order valence-corrected chi connectivity index (χ1v) is 7.11. The molecule has 0 saturated carbocycles. The number of allylic oxidation sites excluding steroid dienone is 11. The predicted octanol–water partition coefficient (Wildman–Crippen LogP) is 3.01. The van der Waals surface area contributed by atoms with Gasteiger partial charge in [0.1, 0.15) is 39.2 Å². The van der Waals surface area contributed by atoms with Gasteiger partial charge in [0.2, 0.25) is 0 Å². The van der Waals surface area contributed by atoms with Crippen LogP contribution in [0.25, 0.3) is 0 Å². The summed E-state index contributed by atoms with van der Waals surface area (Å²) >= 11 is 0. The lowest BCUT2D eigenvalue weighted by Gasteiger charge is -2.15. The maximum atomic E-state index is 6.17. The SMILES string of the molecule is [B]C(=C/C=C([B])/C([B])=C(/[B])C)/C(C(/[B])=C\CC)=C(/C)C(=C)C. The van der Waals surface area contributed by atoms with E-state index in [9.17, 15) is 0 Å². The zero-order chi connectivity index (χ0) is 17.4.